The first kappa shape index (κ1) is 11.8. The molecular formula is C16H13FN2. The van der Waals surface area contributed by atoms with E-state index in [1.54, 1.807) is 18.3 Å². The minimum absolute atomic E-state index is 0.245. The Hall–Kier alpha value is -2.26. The normalized spacial score (nSPS) is 10.8. The van der Waals surface area contributed by atoms with E-state index in [1.807, 2.05) is 30.3 Å². The Kier molecular flexibility index (Phi) is 2.97. The summed E-state index contributed by atoms with van der Waals surface area (Å²) in [6.07, 6.45) is 1.76. The van der Waals surface area contributed by atoms with E-state index in [-0.39, 0.29) is 5.82 Å². The van der Waals surface area contributed by atoms with Crippen molar-refractivity contribution in [2.75, 3.05) is 0 Å². The van der Waals surface area contributed by atoms with Gasteiger partial charge in [-0.25, -0.2) is 4.39 Å². The van der Waals surface area contributed by atoms with Crippen molar-refractivity contribution in [2.24, 2.45) is 5.73 Å². The molecular weight excluding hydrogens is 239 g/mol. The third kappa shape index (κ3) is 2.20. The van der Waals surface area contributed by atoms with Gasteiger partial charge in [-0.2, -0.15) is 0 Å². The second-order valence-electron chi connectivity index (χ2n) is 4.43. The van der Waals surface area contributed by atoms with E-state index in [0.29, 0.717) is 17.4 Å². The van der Waals surface area contributed by atoms with Crippen LogP contribution in [0.15, 0.2) is 54.7 Å². The number of nitrogens with two attached hydrogens (primary N) is 1. The van der Waals surface area contributed by atoms with E-state index in [4.69, 9.17) is 5.73 Å². The maximum atomic E-state index is 13.7. The van der Waals surface area contributed by atoms with Crippen molar-refractivity contribution in [2.45, 2.75) is 6.54 Å². The Bertz CT molecular complexity index is 720. The largest absolute Gasteiger partial charge is 0.326 e. The van der Waals surface area contributed by atoms with E-state index < -0.39 is 0 Å². The van der Waals surface area contributed by atoms with Gasteiger partial charge in [-0.05, 0) is 29.3 Å². The van der Waals surface area contributed by atoms with E-state index in [0.717, 1.165) is 16.7 Å². The highest BCUT2D eigenvalue weighted by atomic mass is 19.1. The van der Waals surface area contributed by atoms with E-state index in [1.165, 1.54) is 6.07 Å². The molecule has 0 spiro atoms. The predicted molar refractivity (Wildman–Crippen MR) is 75.0 cm³/mol. The van der Waals surface area contributed by atoms with Gasteiger partial charge in [0.25, 0.3) is 0 Å². The van der Waals surface area contributed by atoms with Crippen LogP contribution in [0.2, 0.25) is 0 Å². The number of halogens is 1. The molecule has 0 radical (unpaired) electrons. The third-order valence-electron chi connectivity index (χ3n) is 3.20. The summed E-state index contributed by atoms with van der Waals surface area (Å²) in [5.41, 5.74) is 9.23. The Labute approximate surface area is 110 Å². The predicted octanol–water partition coefficient (Wildman–Crippen LogP) is 3.50. The molecule has 3 aromatic rings. The number of benzene rings is 2. The van der Waals surface area contributed by atoms with E-state index in [9.17, 15) is 4.39 Å². The molecule has 19 heavy (non-hydrogen) atoms. The van der Waals surface area contributed by atoms with Crippen LogP contribution in [-0.2, 0) is 6.54 Å². The minimum atomic E-state index is -0.245. The second-order valence-corrected chi connectivity index (χ2v) is 4.43. The smallest absolute Gasteiger partial charge is 0.132 e. The summed E-state index contributed by atoms with van der Waals surface area (Å²) < 4.78 is 13.7. The highest BCUT2D eigenvalue weighted by Gasteiger charge is 2.04. The summed E-state index contributed by atoms with van der Waals surface area (Å²) in [6, 6.07) is 14.7. The SMILES string of the molecule is NCc1ccc(-c2cnc3cccc(F)c3c2)cc1. The fourth-order valence-electron chi connectivity index (χ4n) is 2.10. The van der Waals surface area contributed by atoms with Gasteiger partial charge in [-0.1, -0.05) is 30.3 Å². The Morgan fingerprint density at radius 1 is 1.00 bits per heavy atom. The summed E-state index contributed by atoms with van der Waals surface area (Å²) in [4.78, 5) is 4.30. The van der Waals surface area contributed by atoms with Crippen LogP contribution in [0.3, 0.4) is 0 Å². The maximum absolute atomic E-state index is 13.7. The van der Waals surface area contributed by atoms with Gasteiger partial charge < -0.3 is 5.73 Å². The average Bonchev–Trinajstić information content (AvgIpc) is 2.47. The lowest BCUT2D eigenvalue weighted by Crippen LogP contribution is -1.95. The molecule has 0 atom stereocenters. The molecule has 0 saturated carbocycles. The highest BCUT2D eigenvalue weighted by Crippen LogP contribution is 2.24. The summed E-state index contributed by atoms with van der Waals surface area (Å²) in [5.74, 6) is -0.245. The zero-order chi connectivity index (χ0) is 13.2. The number of fused-ring (bicyclic) bond motifs is 1. The quantitative estimate of drug-likeness (QED) is 0.758. The molecule has 0 saturated heterocycles. The lowest BCUT2D eigenvalue weighted by Gasteiger charge is -2.05. The second kappa shape index (κ2) is 4.78. The van der Waals surface area contributed by atoms with Gasteiger partial charge in [0.1, 0.15) is 5.82 Å². The first-order valence-corrected chi connectivity index (χ1v) is 6.11. The van der Waals surface area contributed by atoms with Gasteiger partial charge in [0.15, 0.2) is 0 Å². The zero-order valence-electron chi connectivity index (χ0n) is 10.3. The van der Waals surface area contributed by atoms with Gasteiger partial charge in [-0.3, -0.25) is 4.98 Å². The Morgan fingerprint density at radius 2 is 1.79 bits per heavy atom. The number of hydrogen-bond donors (Lipinski definition) is 1. The van der Waals surface area contributed by atoms with Crippen molar-refractivity contribution in [3.05, 3.63) is 66.1 Å². The standard InChI is InChI=1S/C16H13FN2/c17-15-2-1-3-16-14(15)8-13(10-19-16)12-6-4-11(9-18)5-7-12/h1-8,10H,9,18H2. The fourth-order valence-corrected chi connectivity index (χ4v) is 2.10. The molecule has 0 aliphatic heterocycles. The molecule has 0 aliphatic rings. The van der Waals surface area contributed by atoms with Crippen LogP contribution in [0.5, 0.6) is 0 Å². The fraction of sp³-hybridized carbons (Fsp3) is 0.0625. The molecule has 2 N–H and O–H groups in total. The molecule has 0 aliphatic carbocycles. The van der Waals surface area contributed by atoms with Crippen molar-refractivity contribution in [1.29, 1.82) is 0 Å². The first-order chi connectivity index (χ1) is 9.28. The lowest BCUT2D eigenvalue weighted by molar-refractivity contribution is 0.639. The van der Waals surface area contributed by atoms with Crippen LogP contribution < -0.4 is 5.73 Å². The van der Waals surface area contributed by atoms with Crippen LogP contribution in [0, 0.1) is 5.82 Å². The molecule has 1 heterocycles. The van der Waals surface area contributed by atoms with Crippen molar-refractivity contribution in [1.82, 2.24) is 4.98 Å². The van der Waals surface area contributed by atoms with Crippen LogP contribution in [0.25, 0.3) is 22.0 Å². The van der Waals surface area contributed by atoms with Gasteiger partial charge in [0, 0.05) is 23.7 Å². The van der Waals surface area contributed by atoms with Crippen molar-refractivity contribution >= 4 is 10.9 Å². The van der Waals surface area contributed by atoms with Gasteiger partial charge in [0.05, 0.1) is 5.52 Å². The molecule has 0 unspecified atom stereocenters. The number of rotatable bonds is 2. The van der Waals surface area contributed by atoms with Crippen molar-refractivity contribution in [3.8, 4) is 11.1 Å². The third-order valence-corrected chi connectivity index (χ3v) is 3.20. The molecule has 94 valence electrons. The monoisotopic (exact) mass is 252 g/mol. The summed E-state index contributed by atoms with van der Waals surface area (Å²) >= 11 is 0. The van der Waals surface area contributed by atoms with Gasteiger partial charge in [-0.15, -0.1) is 0 Å². The number of pyridine rings is 1. The first-order valence-electron chi connectivity index (χ1n) is 6.11. The number of aromatic nitrogens is 1. The maximum Gasteiger partial charge on any atom is 0.132 e. The van der Waals surface area contributed by atoms with Gasteiger partial charge in [0.2, 0.25) is 0 Å². The molecule has 1 aromatic heterocycles. The van der Waals surface area contributed by atoms with Crippen LogP contribution in [0.4, 0.5) is 4.39 Å². The summed E-state index contributed by atoms with van der Waals surface area (Å²) in [6.45, 7) is 0.519. The molecule has 2 nitrogen and oxygen atoms in total. The highest BCUT2D eigenvalue weighted by molar-refractivity contribution is 5.84. The van der Waals surface area contributed by atoms with Crippen LogP contribution in [0.1, 0.15) is 5.56 Å². The molecule has 3 heteroatoms. The Morgan fingerprint density at radius 3 is 2.53 bits per heavy atom. The van der Waals surface area contributed by atoms with E-state index in [2.05, 4.69) is 4.98 Å². The van der Waals surface area contributed by atoms with Crippen molar-refractivity contribution in [3.63, 3.8) is 0 Å². The molecule has 0 bridgehead atoms. The minimum Gasteiger partial charge on any atom is -0.326 e. The molecule has 0 fully saturated rings. The van der Waals surface area contributed by atoms with Gasteiger partial charge >= 0.3 is 0 Å². The molecule has 2 aromatic carbocycles. The average molecular weight is 252 g/mol. The lowest BCUT2D eigenvalue weighted by atomic mass is 10.0. The van der Waals surface area contributed by atoms with E-state index >= 15 is 0 Å². The molecule has 0 amide bonds. The van der Waals surface area contributed by atoms with Crippen LogP contribution >= 0.6 is 0 Å². The summed E-state index contributed by atoms with van der Waals surface area (Å²) in [5, 5.41) is 0.544. The zero-order valence-corrected chi connectivity index (χ0v) is 10.3. The van der Waals surface area contributed by atoms with Crippen LogP contribution in [-0.4, -0.2) is 4.98 Å². The van der Waals surface area contributed by atoms with Crippen molar-refractivity contribution < 1.29 is 4.39 Å². The number of hydrogen-bond acceptors (Lipinski definition) is 2. The number of nitrogens with zero attached hydrogens (tertiary/aromatic N) is 1. The molecule has 3 rings (SSSR count). The summed E-state index contributed by atoms with van der Waals surface area (Å²) in [7, 11) is 0. The topological polar surface area (TPSA) is 38.9 Å². The Balaban J connectivity index is 2.11.